The molecule has 0 aromatic carbocycles. The third-order valence-electron chi connectivity index (χ3n) is 4.32. The minimum Gasteiger partial charge on any atom is -0.368 e. The highest BCUT2D eigenvalue weighted by atomic mass is 32.2. The Hall–Kier alpha value is -3.27. The van der Waals surface area contributed by atoms with E-state index in [0.29, 0.717) is 34.5 Å². The molecule has 2 N–H and O–H groups in total. The standard InChI is InChI=1S/C19H17FN6O2S/c1-10(12-5-6-21-16(20)8-12)23-17-13(7-15-18(27)25-19(28)29-15)9-22-26(17)11(2)24-14-3-4-14/h5-9,14,24H,2-4H2,1H3,(H,25,27,28)/b15-7-,23-10?. The molecule has 2 amide bonds. The third-order valence-corrected chi connectivity index (χ3v) is 5.13. The van der Waals surface area contributed by atoms with Crippen molar-refractivity contribution in [3.63, 3.8) is 0 Å². The number of rotatable bonds is 6. The van der Waals surface area contributed by atoms with Crippen LogP contribution in [0.5, 0.6) is 0 Å². The number of carbonyl (C=O) groups is 2. The second kappa shape index (κ2) is 7.63. The first-order chi connectivity index (χ1) is 13.9. The number of amides is 2. The van der Waals surface area contributed by atoms with Gasteiger partial charge in [0.15, 0.2) is 5.82 Å². The number of nitrogens with zero attached hydrogens (tertiary/aromatic N) is 4. The Morgan fingerprint density at radius 3 is 2.93 bits per heavy atom. The van der Waals surface area contributed by atoms with Gasteiger partial charge >= 0.3 is 0 Å². The molecular formula is C19H17FN6O2S. The zero-order chi connectivity index (χ0) is 20.5. The number of nitrogens with one attached hydrogen (secondary N) is 2. The SMILES string of the molecule is C=C(NC1CC1)n1ncc(/C=C2\SC(=O)NC2=O)c1N=C(C)c1ccnc(F)c1. The van der Waals surface area contributed by atoms with Gasteiger partial charge in [-0.2, -0.15) is 14.2 Å². The molecule has 2 aromatic rings. The lowest BCUT2D eigenvalue weighted by atomic mass is 10.2. The average Bonchev–Trinajstić information content (AvgIpc) is 3.31. The van der Waals surface area contributed by atoms with Crippen LogP contribution in [0.2, 0.25) is 0 Å². The van der Waals surface area contributed by atoms with Crippen molar-refractivity contribution in [3.8, 4) is 0 Å². The zero-order valence-corrected chi connectivity index (χ0v) is 16.3. The molecule has 0 atom stereocenters. The van der Waals surface area contributed by atoms with Gasteiger partial charge in [-0.3, -0.25) is 14.9 Å². The second-order valence-corrected chi connectivity index (χ2v) is 7.63. The molecule has 1 saturated carbocycles. The molecule has 1 aliphatic carbocycles. The molecule has 2 fully saturated rings. The Bertz CT molecular complexity index is 1090. The number of imide groups is 1. The fourth-order valence-electron chi connectivity index (χ4n) is 2.70. The van der Waals surface area contributed by atoms with E-state index in [9.17, 15) is 14.0 Å². The highest BCUT2D eigenvalue weighted by molar-refractivity contribution is 8.18. The second-order valence-electron chi connectivity index (χ2n) is 6.62. The van der Waals surface area contributed by atoms with Crippen molar-refractivity contribution < 1.29 is 14.0 Å². The number of hydrogen-bond acceptors (Lipinski definition) is 7. The van der Waals surface area contributed by atoms with Crippen LogP contribution in [0.4, 0.5) is 15.0 Å². The van der Waals surface area contributed by atoms with Crippen molar-refractivity contribution in [1.29, 1.82) is 0 Å². The van der Waals surface area contributed by atoms with Crippen LogP contribution in [-0.2, 0) is 4.79 Å². The maximum absolute atomic E-state index is 13.5. The summed E-state index contributed by atoms with van der Waals surface area (Å²) in [5.74, 6) is -0.113. The summed E-state index contributed by atoms with van der Waals surface area (Å²) in [4.78, 5) is 31.8. The lowest BCUT2D eigenvalue weighted by Gasteiger charge is -2.11. The summed E-state index contributed by atoms with van der Waals surface area (Å²) < 4.78 is 15.0. The molecular weight excluding hydrogens is 395 g/mol. The largest absolute Gasteiger partial charge is 0.368 e. The fourth-order valence-corrected chi connectivity index (χ4v) is 3.38. The van der Waals surface area contributed by atoms with Crippen molar-refractivity contribution in [1.82, 2.24) is 25.4 Å². The Morgan fingerprint density at radius 1 is 1.48 bits per heavy atom. The number of aromatic nitrogens is 3. The Balaban J connectivity index is 1.76. The van der Waals surface area contributed by atoms with Crippen molar-refractivity contribution in [2.75, 3.05) is 0 Å². The van der Waals surface area contributed by atoms with Crippen LogP contribution in [0, 0.1) is 5.95 Å². The van der Waals surface area contributed by atoms with Crippen LogP contribution in [0.15, 0.2) is 41.0 Å². The van der Waals surface area contributed by atoms with E-state index in [0.717, 1.165) is 24.6 Å². The van der Waals surface area contributed by atoms with Crippen LogP contribution in [0.1, 0.15) is 30.9 Å². The van der Waals surface area contributed by atoms with Gasteiger partial charge in [0.05, 0.1) is 11.1 Å². The normalized spacial score (nSPS) is 18.3. The van der Waals surface area contributed by atoms with Gasteiger partial charge in [0, 0.05) is 35.1 Å². The van der Waals surface area contributed by atoms with Gasteiger partial charge in [-0.25, -0.2) is 9.98 Å². The molecule has 0 bridgehead atoms. The molecule has 2 aliphatic rings. The maximum Gasteiger partial charge on any atom is 0.290 e. The van der Waals surface area contributed by atoms with Gasteiger partial charge in [-0.15, -0.1) is 0 Å². The predicted octanol–water partition coefficient (Wildman–Crippen LogP) is 3.06. The minimum atomic E-state index is -0.606. The van der Waals surface area contributed by atoms with E-state index >= 15 is 0 Å². The van der Waals surface area contributed by atoms with Crippen LogP contribution in [0.25, 0.3) is 11.9 Å². The quantitative estimate of drug-likeness (QED) is 0.430. The van der Waals surface area contributed by atoms with E-state index in [1.54, 1.807) is 25.3 Å². The smallest absolute Gasteiger partial charge is 0.290 e. The van der Waals surface area contributed by atoms with Crippen LogP contribution >= 0.6 is 11.8 Å². The van der Waals surface area contributed by atoms with E-state index in [-0.39, 0.29) is 4.91 Å². The van der Waals surface area contributed by atoms with Crippen molar-refractivity contribution in [2.24, 2.45) is 4.99 Å². The van der Waals surface area contributed by atoms with E-state index in [1.807, 2.05) is 0 Å². The number of carbonyl (C=O) groups excluding carboxylic acids is 2. The Morgan fingerprint density at radius 2 is 2.28 bits per heavy atom. The Labute approximate surface area is 170 Å². The van der Waals surface area contributed by atoms with Gasteiger partial charge in [0.2, 0.25) is 5.95 Å². The summed E-state index contributed by atoms with van der Waals surface area (Å²) in [5.41, 5.74) is 1.63. The molecule has 4 rings (SSSR count). The minimum absolute atomic E-state index is 0.249. The topological polar surface area (TPSA) is 101 Å². The van der Waals surface area contributed by atoms with E-state index < -0.39 is 17.1 Å². The van der Waals surface area contributed by atoms with Gasteiger partial charge in [0.1, 0.15) is 5.82 Å². The molecule has 8 nitrogen and oxygen atoms in total. The summed E-state index contributed by atoms with van der Waals surface area (Å²) in [6.45, 7) is 5.76. The summed E-state index contributed by atoms with van der Waals surface area (Å²) in [6, 6.07) is 3.29. The molecule has 2 aromatic heterocycles. The number of halogens is 1. The van der Waals surface area contributed by atoms with Crippen molar-refractivity contribution >= 4 is 46.3 Å². The van der Waals surface area contributed by atoms with Crippen LogP contribution < -0.4 is 10.6 Å². The van der Waals surface area contributed by atoms with Gasteiger partial charge < -0.3 is 5.32 Å². The molecule has 29 heavy (non-hydrogen) atoms. The summed E-state index contributed by atoms with van der Waals surface area (Å²) >= 11 is 0.813. The molecule has 148 valence electrons. The highest BCUT2D eigenvalue weighted by Gasteiger charge is 2.27. The van der Waals surface area contributed by atoms with Crippen LogP contribution in [0.3, 0.4) is 0 Å². The van der Waals surface area contributed by atoms with E-state index in [1.165, 1.54) is 16.9 Å². The zero-order valence-electron chi connectivity index (χ0n) is 15.5. The van der Waals surface area contributed by atoms with Gasteiger partial charge in [-0.1, -0.05) is 6.58 Å². The first-order valence-corrected chi connectivity index (χ1v) is 9.68. The molecule has 10 heteroatoms. The lowest BCUT2D eigenvalue weighted by molar-refractivity contribution is -0.115. The summed E-state index contributed by atoms with van der Waals surface area (Å²) in [6.07, 6.45) is 6.58. The summed E-state index contributed by atoms with van der Waals surface area (Å²) in [7, 11) is 0. The number of hydrogen-bond donors (Lipinski definition) is 2. The predicted molar refractivity (Wildman–Crippen MR) is 109 cm³/mol. The third kappa shape index (κ3) is 4.27. The molecule has 0 unspecified atom stereocenters. The number of thioether (sulfide) groups is 1. The van der Waals surface area contributed by atoms with Crippen LogP contribution in [-0.4, -0.2) is 37.7 Å². The van der Waals surface area contributed by atoms with Crippen molar-refractivity contribution in [2.45, 2.75) is 25.8 Å². The van der Waals surface area contributed by atoms with E-state index in [2.05, 4.69) is 32.3 Å². The van der Waals surface area contributed by atoms with Gasteiger partial charge in [-0.05, 0) is 43.7 Å². The first kappa shape index (κ1) is 19.1. The highest BCUT2D eigenvalue weighted by Crippen LogP contribution is 2.31. The summed E-state index contributed by atoms with van der Waals surface area (Å²) in [5, 5.41) is 9.39. The average molecular weight is 412 g/mol. The van der Waals surface area contributed by atoms with E-state index in [4.69, 9.17) is 0 Å². The lowest BCUT2D eigenvalue weighted by Crippen LogP contribution is -2.19. The number of aliphatic imine (C=N–C) groups is 1. The molecule has 0 radical (unpaired) electrons. The first-order valence-electron chi connectivity index (χ1n) is 8.86. The molecule has 1 aliphatic heterocycles. The maximum atomic E-state index is 13.5. The molecule has 1 saturated heterocycles. The number of pyridine rings is 1. The fraction of sp³-hybridized carbons (Fsp3) is 0.211. The van der Waals surface area contributed by atoms with Crippen molar-refractivity contribution in [3.05, 3.63) is 53.1 Å². The monoisotopic (exact) mass is 412 g/mol. The Kier molecular flexibility index (Phi) is 5.01. The van der Waals surface area contributed by atoms with Gasteiger partial charge in [0.25, 0.3) is 11.1 Å². The molecule has 3 heterocycles. The molecule has 0 spiro atoms.